The normalized spacial score (nSPS) is 17.6. The summed E-state index contributed by atoms with van der Waals surface area (Å²) in [6.07, 6.45) is 4.75. The predicted molar refractivity (Wildman–Crippen MR) is 72.8 cm³/mol. The molecule has 0 atom stereocenters. The quantitative estimate of drug-likeness (QED) is 0.909. The van der Waals surface area contributed by atoms with Crippen LogP contribution in [0.15, 0.2) is 4.52 Å². The average Bonchev–Trinajstić information content (AvgIpc) is 2.74. The summed E-state index contributed by atoms with van der Waals surface area (Å²) >= 11 is 0. The molecule has 108 valence electrons. The summed E-state index contributed by atoms with van der Waals surface area (Å²) in [5, 5.41) is 3.79. The maximum absolute atomic E-state index is 12.3. The second kappa shape index (κ2) is 6.34. The highest BCUT2D eigenvalue weighted by molar-refractivity contribution is 5.86. The van der Waals surface area contributed by atoms with Gasteiger partial charge in [0.25, 0.3) is 0 Å². The van der Waals surface area contributed by atoms with Crippen LogP contribution in [-0.2, 0) is 11.3 Å². The Morgan fingerprint density at radius 3 is 2.58 bits per heavy atom. The highest BCUT2D eigenvalue weighted by atomic mass is 35.5. The van der Waals surface area contributed by atoms with Gasteiger partial charge in [0.1, 0.15) is 0 Å². The van der Waals surface area contributed by atoms with Crippen LogP contribution in [0.5, 0.6) is 0 Å². The summed E-state index contributed by atoms with van der Waals surface area (Å²) in [6, 6.07) is 0. The number of carbonyl (C=O) groups excluding carboxylic acids is 1. The molecule has 1 saturated carbocycles. The molecular weight excluding hydrogens is 268 g/mol. The van der Waals surface area contributed by atoms with Gasteiger partial charge in [-0.3, -0.25) is 4.79 Å². The van der Waals surface area contributed by atoms with Gasteiger partial charge in [-0.2, -0.15) is 4.98 Å². The third-order valence-corrected chi connectivity index (χ3v) is 3.47. The van der Waals surface area contributed by atoms with Gasteiger partial charge in [0.15, 0.2) is 5.82 Å². The van der Waals surface area contributed by atoms with Crippen LogP contribution >= 0.6 is 12.4 Å². The van der Waals surface area contributed by atoms with Crippen LogP contribution < -0.4 is 5.73 Å². The average molecular weight is 289 g/mol. The van der Waals surface area contributed by atoms with Gasteiger partial charge in [0.05, 0.1) is 12.1 Å². The van der Waals surface area contributed by atoms with E-state index >= 15 is 0 Å². The Kier molecular flexibility index (Phi) is 5.31. The van der Waals surface area contributed by atoms with Gasteiger partial charge in [-0.05, 0) is 12.8 Å². The molecule has 1 amide bonds. The molecule has 1 aromatic rings. The lowest BCUT2D eigenvalue weighted by Crippen LogP contribution is -2.55. The topological polar surface area (TPSA) is 85.2 Å². The first-order valence-corrected chi connectivity index (χ1v) is 6.35. The maximum Gasteiger partial charge on any atom is 0.242 e. The number of aromatic nitrogens is 2. The second-order valence-electron chi connectivity index (χ2n) is 5.11. The zero-order chi connectivity index (χ0) is 13.2. The van der Waals surface area contributed by atoms with Gasteiger partial charge in [0, 0.05) is 14.0 Å². The number of hydrogen-bond donors (Lipinski definition) is 1. The number of halogens is 1. The smallest absolute Gasteiger partial charge is 0.242 e. The van der Waals surface area contributed by atoms with Gasteiger partial charge < -0.3 is 15.2 Å². The third-order valence-electron chi connectivity index (χ3n) is 3.47. The van der Waals surface area contributed by atoms with Crippen LogP contribution in [0.3, 0.4) is 0 Å². The molecule has 0 radical (unpaired) electrons. The lowest BCUT2D eigenvalue weighted by molar-refractivity contribution is -0.137. The van der Waals surface area contributed by atoms with Gasteiger partial charge in [-0.1, -0.05) is 24.4 Å². The van der Waals surface area contributed by atoms with E-state index in [9.17, 15) is 4.79 Å². The van der Waals surface area contributed by atoms with Crippen LogP contribution in [0.1, 0.15) is 43.8 Å². The first-order chi connectivity index (χ1) is 8.51. The molecule has 19 heavy (non-hydrogen) atoms. The zero-order valence-electron chi connectivity index (χ0n) is 11.4. The van der Waals surface area contributed by atoms with E-state index in [0.717, 1.165) is 25.7 Å². The van der Waals surface area contributed by atoms with Crippen molar-refractivity contribution in [1.29, 1.82) is 0 Å². The van der Waals surface area contributed by atoms with E-state index in [-0.39, 0.29) is 18.3 Å². The molecular formula is C12H21ClN4O2. The van der Waals surface area contributed by atoms with Gasteiger partial charge in [0.2, 0.25) is 11.8 Å². The van der Waals surface area contributed by atoms with E-state index in [1.165, 1.54) is 6.42 Å². The highest BCUT2D eigenvalue weighted by Gasteiger charge is 2.37. The fraction of sp³-hybridized carbons (Fsp3) is 0.750. The molecule has 1 aliphatic carbocycles. The fourth-order valence-corrected chi connectivity index (χ4v) is 2.47. The molecule has 0 bridgehead atoms. The number of rotatable bonds is 3. The van der Waals surface area contributed by atoms with Crippen molar-refractivity contribution in [3.8, 4) is 0 Å². The van der Waals surface area contributed by atoms with E-state index in [0.29, 0.717) is 18.3 Å². The molecule has 0 aliphatic heterocycles. The molecule has 7 heteroatoms. The van der Waals surface area contributed by atoms with E-state index < -0.39 is 5.54 Å². The number of likely N-dealkylation sites (N-methyl/N-ethyl adjacent to an activating group) is 1. The number of nitrogens with two attached hydrogens (primary N) is 1. The SMILES string of the molecule is Cc1nc(CN(C)C(=O)C2(N)CCCCC2)no1.Cl. The Labute approximate surface area is 119 Å². The molecule has 2 rings (SSSR count). The third kappa shape index (κ3) is 3.67. The summed E-state index contributed by atoms with van der Waals surface area (Å²) in [5.41, 5.74) is 5.50. The van der Waals surface area contributed by atoms with Crippen molar-refractivity contribution < 1.29 is 9.32 Å². The molecule has 1 fully saturated rings. The fourth-order valence-electron chi connectivity index (χ4n) is 2.47. The second-order valence-corrected chi connectivity index (χ2v) is 5.11. The van der Waals surface area contributed by atoms with E-state index in [2.05, 4.69) is 10.1 Å². The van der Waals surface area contributed by atoms with Crippen molar-refractivity contribution in [2.45, 2.75) is 51.1 Å². The Bertz CT molecular complexity index is 429. The summed E-state index contributed by atoms with van der Waals surface area (Å²) in [7, 11) is 1.73. The van der Waals surface area contributed by atoms with Gasteiger partial charge in [-0.15, -0.1) is 12.4 Å². The molecule has 1 aromatic heterocycles. The van der Waals surface area contributed by atoms with Crippen LogP contribution in [0.25, 0.3) is 0 Å². The largest absolute Gasteiger partial charge is 0.340 e. The minimum absolute atomic E-state index is 0. The van der Waals surface area contributed by atoms with Crippen molar-refractivity contribution >= 4 is 18.3 Å². The molecule has 0 unspecified atom stereocenters. The number of nitrogens with zero attached hydrogens (tertiary/aromatic N) is 3. The first kappa shape index (κ1) is 15.9. The molecule has 1 aliphatic rings. The molecule has 2 N–H and O–H groups in total. The highest BCUT2D eigenvalue weighted by Crippen LogP contribution is 2.27. The van der Waals surface area contributed by atoms with Crippen LogP contribution in [-0.4, -0.2) is 33.5 Å². The summed E-state index contributed by atoms with van der Waals surface area (Å²) < 4.78 is 4.89. The van der Waals surface area contributed by atoms with E-state index in [1.807, 2.05) is 0 Å². The Balaban J connectivity index is 0.00000180. The summed E-state index contributed by atoms with van der Waals surface area (Å²) in [4.78, 5) is 18.0. The number of aryl methyl sites for hydroxylation is 1. The lowest BCUT2D eigenvalue weighted by Gasteiger charge is -2.35. The van der Waals surface area contributed by atoms with Crippen LogP contribution in [0.4, 0.5) is 0 Å². The maximum atomic E-state index is 12.3. The first-order valence-electron chi connectivity index (χ1n) is 6.35. The van der Waals surface area contributed by atoms with Crippen LogP contribution in [0.2, 0.25) is 0 Å². The summed E-state index contributed by atoms with van der Waals surface area (Å²) in [5.74, 6) is 0.999. The van der Waals surface area contributed by atoms with Gasteiger partial charge >= 0.3 is 0 Å². The number of hydrogen-bond acceptors (Lipinski definition) is 5. The van der Waals surface area contributed by atoms with Crippen molar-refractivity contribution in [1.82, 2.24) is 15.0 Å². The minimum atomic E-state index is -0.703. The van der Waals surface area contributed by atoms with Crippen molar-refractivity contribution in [3.05, 3.63) is 11.7 Å². The molecule has 6 nitrogen and oxygen atoms in total. The Morgan fingerprint density at radius 1 is 1.42 bits per heavy atom. The van der Waals surface area contributed by atoms with Gasteiger partial charge in [-0.25, -0.2) is 0 Å². The van der Waals surface area contributed by atoms with Crippen molar-refractivity contribution in [2.24, 2.45) is 5.73 Å². The predicted octanol–water partition coefficient (Wildman–Crippen LogP) is 1.42. The Hall–Kier alpha value is -1.14. The number of carbonyl (C=O) groups is 1. The lowest BCUT2D eigenvalue weighted by atomic mass is 9.81. The summed E-state index contributed by atoms with van der Waals surface area (Å²) in [6.45, 7) is 2.07. The van der Waals surface area contributed by atoms with Crippen LogP contribution in [0, 0.1) is 6.92 Å². The van der Waals surface area contributed by atoms with E-state index in [1.54, 1.807) is 18.9 Å². The standard InChI is InChI=1S/C12H20N4O2.ClH/c1-9-14-10(15-18-9)8-16(2)11(17)12(13)6-4-3-5-7-12;/h3-8,13H2,1-2H3;1H. The van der Waals surface area contributed by atoms with Crippen molar-refractivity contribution in [3.63, 3.8) is 0 Å². The zero-order valence-corrected chi connectivity index (χ0v) is 12.2. The molecule has 1 heterocycles. The minimum Gasteiger partial charge on any atom is -0.340 e. The monoisotopic (exact) mass is 288 g/mol. The van der Waals surface area contributed by atoms with Crippen molar-refractivity contribution in [2.75, 3.05) is 7.05 Å². The molecule has 0 spiro atoms. The Morgan fingerprint density at radius 2 is 2.05 bits per heavy atom. The molecule has 0 saturated heterocycles. The molecule has 0 aromatic carbocycles. The number of amides is 1. The van der Waals surface area contributed by atoms with E-state index in [4.69, 9.17) is 10.3 Å².